The van der Waals surface area contributed by atoms with E-state index in [-0.39, 0.29) is 31.6 Å². The minimum Gasteiger partial charge on any atom is -0.481 e. The lowest BCUT2D eigenvalue weighted by molar-refractivity contribution is -0.200. The molecule has 2 fully saturated rings. The molecule has 8 atom stereocenters. The van der Waals surface area contributed by atoms with Crippen molar-refractivity contribution in [1.29, 1.82) is 0 Å². The zero-order valence-electron chi connectivity index (χ0n) is 26.9. The first-order valence-electron chi connectivity index (χ1n) is 15.5. The lowest BCUT2D eigenvalue weighted by Gasteiger charge is -2.41. The van der Waals surface area contributed by atoms with Crippen LogP contribution in [0.4, 0.5) is 0 Å². The Morgan fingerprint density at radius 3 is 2.19 bits per heavy atom. The molecule has 2 aliphatic rings. The molecule has 0 amide bonds. The lowest BCUT2D eigenvalue weighted by Crippen LogP contribution is -2.46. The fourth-order valence-corrected chi connectivity index (χ4v) is 6.60. The van der Waals surface area contributed by atoms with Crippen molar-refractivity contribution in [3.63, 3.8) is 0 Å². The predicted molar refractivity (Wildman–Crippen MR) is 155 cm³/mol. The van der Waals surface area contributed by atoms with E-state index in [2.05, 4.69) is 6.92 Å². The Morgan fingerprint density at radius 1 is 1.00 bits per heavy atom. The van der Waals surface area contributed by atoms with E-state index in [4.69, 9.17) is 18.9 Å². The maximum Gasteiger partial charge on any atom is 0.314 e. The second kappa shape index (κ2) is 15.0. The summed E-state index contributed by atoms with van der Waals surface area (Å²) in [4.78, 5) is 52.3. The monoisotopic (exact) mass is 598 g/mol. The zero-order valence-corrected chi connectivity index (χ0v) is 26.9. The van der Waals surface area contributed by atoms with Crippen molar-refractivity contribution in [2.75, 3.05) is 13.7 Å². The summed E-state index contributed by atoms with van der Waals surface area (Å²) in [6.07, 6.45) is 3.43. The Balaban J connectivity index is 2.26. The molecule has 10 nitrogen and oxygen atoms in total. The number of ether oxygens (including phenoxy) is 4. The first-order chi connectivity index (χ1) is 19.5. The maximum atomic E-state index is 13.7. The molecule has 1 saturated heterocycles. The molecular formula is C32H54O10. The Hall–Kier alpha value is -2.20. The molecule has 1 heterocycles. The molecule has 242 valence electrons. The van der Waals surface area contributed by atoms with Crippen molar-refractivity contribution in [3.05, 3.63) is 0 Å². The summed E-state index contributed by atoms with van der Waals surface area (Å²) in [6.45, 7) is 12.8. The third kappa shape index (κ3) is 9.40. The van der Waals surface area contributed by atoms with Crippen LogP contribution in [0, 0.1) is 34.5 Å². The van der Waals surface area contributed by atoms with Gasteiger partial charge in [0, 0.05) is 12.3 Å². The van der Waals surface area contributed by atoms with Crippen LogP contribution in [0.5, 0.6) is 0 Å². The highest BCUT2D eigenvalue weighted by molar-refractivity contribution is 5.81. The number of carbonyl (C=O) groups excluding carboxylic acids is 3. The molecule has 0 bridgehead atoms. The van der Waals surface area contributed by atoms with E-state index in [1.807, 2.05) is 0 Å². The van der Waals surface area contributed by atoms with Gasteiger partial charge in [0.2, 0.25) is 6.29 Å². The number of carboxylic acids is 1. The smallest absolute Gasteiger partial charge is 0.314 e. The van der Waals surface area contributed by atoms with E-state index >= 15 is 0 Å². The van der Waals surface area contributed by atoms with Crippen LogP contribution >= 0.6 is 0 Å². The summed E-state index contributed by atoms with van der Waals surface area (Å²) in [5, 5.41) is 20.7. The van der Waals surface area contributed by atoms with Gasteiger partial charge in [-0.25, -0.2) is 0 Å². The predicted octanol–water partition coefficient (Wildman–Crippen LogP) is 5.28. The SMILES string of the molecule is CCC(C)(CC(C)(CC(CC(C)C(=O)OC(C)(C)C1CCC(C)CC1O)C(=O)OC)C(=O)OC1CCCCO1)C(=O)O. The zero-order chi connectivity index (χ0) is 31.9. The second-order valence-electron chi connectivity index (χ2n) is 13.8. The third-order valence-electron chi connectivity index (χ3n) is 9.55. The van der Waals surface area contributed by atoms with Crippen LogP contribution in [0.1, 0.15) is 113 Å². The normalized spacial score (nSPS) is 27.5. The Morgan fingerprint density at radius 2 is 1.67 bits per heavy atom. The van der Waals surface area contributed by atoms with Gasteiger partial charge in [0.15, 0.2) is 0 Å². The third-order valence-corrected chi connectivity index (χ3v) is 9.55. The maximum absolute atomic E-state index is 13.7. The van der Waals surface area contributed by atoms with Gasteiger partial charge < -0.3 is 29.2 Å². The van der Waals surface area contributed by atoms with Crippen molar-refractivity contribution in [2.24, 2.45) is 34.5 Å². The molecule has 2 rings (SSSR count). The van der Waals surface area contributed by atoms with E-state index in [0.717, 1.165) is 25.7 Å². The van der Waals surface area contributed by atoms with Crippen LogP contribution in [0.2, 0.25) is 0 Å². The molecule has 1 aliphatic heterocycles. The largest absolute Gasteiger partial charge is 0.481 e. The highest BCUT2D eigenvalue weighted by Crippen LogP contribution is 2.44. The lowest BCUT2D eigenvalue weighted by atomic mass is 9.67. The van der Waals surface area contributed by atoms with Gasteiger partial charge in [-0.1, -0.05) is 27.2 Å². The van der Waals surface area contributed by atoms with Crippen LogP contribution < -0.4 is 0 Å². The molecule has 0 radical (unpaired) electrons. The molecule has 0 aromatic rings. The highest BCUT2D eigenvalue weighted by atomic mass is 16.7. The molecule has 0 spiro atoms. The van der Waals surface area contributed by atoms with Gasteiger partial charge in [0.1, 0.15) is 5.60 Å². The summed E-state index contributed by atoms with van der Waals surface area (Å²) in [7, 11) is 1.24. The van der Waals surface area contributed by atoms with Crippen LogP contribution in [0.25, 0.3) is 0 Å². The van der Waals surface area contributed by atoms with Crippen LogP contribution in [0.15, 0.2) is 0 Å². The second-order valence-corrected chi connectivity index (χ2v) is 13.8. The van der Waals surface area contributed by atoms with Crippen LogP contribution in [0.3, 0.4) is 0 Å². The molecule has 2 N–H and O–H groups in total. The van der Waals surface area contributed by atoms with Gasteiger partial charge in [-0.15, -0.1) is 0 Å². The quantitative estimate of drug-likeness (QED) is 0.200. The Kier molecular flexibility index (Phi) is 12.9. The summed E-state index contributed by atoms with van der Waals surface area (Å²) >= 11 is 0. The van der Waals surface area contributed by atoms with Gasteiger partial charge >= 0.3 is 23.9 Å². The topological polar surface area (TPSA) is 146 Å². The van der Waals surface area contributed by atoms with Crippen LogP contribution in [-0.4, -0.2) is 65.8 Å². The number of aliphatic carboxylic acids is 1. The number of methoxy groups -OCH3 is 1. The first kappa shape index (κ1) is 36.0. The molecule has 0 aromatic heterocycles. The minimum absolute atomic E-state index is 0.0323. The van der Waals surface area contributed by atoms with E-state index in [9.17, 15) is 29.4 Å². The summed E-state index contributed by atoms with van der Waals surface area (Å²) in [5.74, 6) is -4.23. The number of esters is 3. The number of hydrogen-bond acceptors (Lipinski definition) is 9. The fraction of sp³-hybridized carbons (Fsp3) is 0.875. The fourth-order valence-electron chi connectivity index (χ4n) is 6.60. The van der Waals surface area contributed by atoms with E-state index < -0.39 is 64.5 Å². The van der Waals surface area contributed by atoms with Gasteiger partial charge in [0.05, 0.1) is 42.5 Å². The summed E-state index contributed by atoms with van der Waals surface area (Å²) < 4.78 is 22.3. The minimum atomic E-state index is -1.38. The molecule has 10 heteroatoms. The van der Waals surface area contributed by atoms with E-state index in [1.165, 1.54) is 7.11 Å². The molecule has 0 aromatic carbocycles. The van der Waals surface area contributed by atoms with Crippen molar-refractivity contribution in [1.82, 2.24) is 0 Å². The van der Waals surface area contributed by atoms with Gasteiger partial charge in [-0.3, -0.25) is 19.2 Å². The average Bonchev–Trinajstić information content (AvgIpc) is 2.91. The van der Waals surface area contributed by atoms with Crippen molar-refractivity contribution >= 4 is 23.9 Å². The van der Waals surface area contributed by atoms with Gasteiger partial charge in [0.25, 0.3) is 0 Å². The molecule has 8 unspecified atom stereocenters. The Labute approximate surface area is 251 Å². The van der Waals surface area contributed by atoms with Crippen molar-refractivity contribution in [3.8, 4) is 0 Å². The summed E-state index contributed by atoms with van der Waals surface area (Å²) in [5.41, 5.74) is -3.54. The Bertz CT molecular complexity index is 942. The number of aliphatic hydroxyl groups excluding tert-OH is 1. The molecular weight excluding hydrogens is 544 g/mol. The van der Waals surface area contributed by atoms with Crippen molar-refractivity contribution < 1.29 is 48.3 Å². The van der Waals surface area contributed by atoms with E-state index in [1.54, 1.807) is 41.5 Å². The van der Waals surface area contributed by atoms with Crippen molar-refractivity contribution in [2.45, 2.75) is 131 Å². The average molecular weight is 599 g/mol. The van der Waals surface area contributed by atoms with E-state index in [0.29, 0.717) is 25.4 Å². The first-order valence-corrected chi connectivity index (χ1v) is 15.5. The molecule has 42 heavy (non-hydrogen) atoms. The summed E-state index contributed by atoms with van der Waals surface area (Å²) in [6, 6.07) is 0. The molecule has 1 aliphatic carbocycles. The number of carboxylic acid groups (broad SMARTS) is 1. The number of hydrogen-bond donors (Lipinski definition) is 2. The standard InChI is InChI=1S/C32H54O10/c1-9-31(6,28(36)37)19-32(7,29(38)41-25-12-10-11-15-40-25)18-22(27(35)39-8)17-21(3)26(34)42-30(4,5)23-14-13-20(2)16-24(23)33/h20-25,33H,9-19H2,1-8H3,(H,36,37). The highest BCUT2D eigenvalue weighted by Gasteiger charge is 2.48. The number of aliphatic hydroxyl groups is 1. The van der Waals surface area contributed by atoms with Crippen LogP contribution in [-0.2, 0) is 38.1 Å². The number of rotatable bonds is 14. The number of carbonyl (C=O) groups is 4. The van der Waals surface area contributed by atoms with Gasteiger partial charge in [-0.2, -0.15) is 0 Å². The molecule has 1 saturated carbocycles. The van der Waals surface area contributed by atoms with Gasteiger partial charge in [-0.05, 0) is 85.0 Å².